The number of nitrogens with zero attached hydrogens (tertiary/aromatic N) is 3. The van der Waals surface area contributed by atoms with Crippen molar-refractivity contribution in [3.05, 3.63) is 59.6 Å². The van der Waals surface area contributed by atoms with Crippen LogP contribution in [0.4, 0.5) is 5.69 Å². The minimum Gasteiger partial charge on any atom is -0.497 e. The Morgan fingerprint density at radius 1 is 1.04 bits per heavy atom. The number of carbonyl (C=O) groups is 1. The van der Waals surface area contributed by atoms with E-state index in [4.69, 9.17) is 21.1 Å². The summed E-state index contributed by atoms with van der Waals surface area (Å²) in [5, 5.41) is 10.6. The van der Waals surface area contributed by atoms with Crippen molar-refractivity contribution in [2.24, 2.45) is 0 Å². The third-order valence-electron chi connectivity index (χ3n) is 3.52. The molecule has 0 spiro atoms. The van der Waals surface area contributed by atoms with E-state index < -0.39 is 0 Å². The summed E-state index contributed by atoms with van der Waals surface area (Å²) in [5.74, 6) is 0.808. The van der Waals surface area contributed by atoms with Gasteiger partial charge in [0.1, 0.15) is 24.2 Å². The highest BCUT2D eigenvalue weighted by Crippen LogP contribution is 2.27. The predicted octanol–water partition coefficient (Wildman–Crippen LogP) is 3.19. The first kappa shape index (κ1) is 16.8. The van der Waals surface area contributed by atoms with Crippen LogP contribution in [0.15, 0.2) is 49.1 Å². The fraction of sp³-hybridized carbons (Fsp3) is 0.118. The van der Waals surface area contributed by atoms with Gasteiger partial charge in [-0.3, -0.25) is 9.36 Å². The van der Waals surface area contributed by atoms with Crippen LogP contribution < -0.4 is 14.8 Å². The van der Waals surface area contributed by atoms with Crippen LogP contribution in [-0.2, 0) is 0 Å². The zero-order valence-corrected chi connectivity index (χ0v) is 14.3. The van der Waals surface area contributed by atoms with Gasteiger partial charge in [-0.1, -0.05) is 11.6 Å². The third-order valence-corrected chi connectivity index (χ3v) is 3.84. The van der Waals surface area contributed by atoms with Crippen LogP contribution in [0.25, 0.3) is 5.69 Å². The van der Waals surface area contributed by atoms with Gasteiger partial charge in [-0.05, 0) is 18.2 Å². The number of hydrogen-bond donors (Lipinski definition) is 1. The van der Waals surface area contributed by atoms with E-state index in [9.17, 15) is 4.79 Å². The molecule has 0 fully saturated rings. The largest absolute Gasteiger partial charge is 0.497 e. The van der Waals surface area contributed by atoms with Crippen molar-refractivity contribution in [3.8, 4) is 17.2 Å². The summed E-state index contributed by atoms with van der Waals surface area (Å²) in [7, 11) is 3.09. The van der Waals surface area contributed by atoms with E-state index in [2.05, 4.69) is 15.5 Å². The SMILES string of the molecule is COc1cc(NC(=O)c2ccc(-n3cnnc3)cc2Cl)cc(OC)c1. The van der Waals surface area contributed by atoms with Gasteiger partial charge in [0.2, 0.25) is 0 Å². The van der Waals surface area contributed by atoms with Gasteiger partial charge in [0.25, 0.3) is 5.91 Å². The molecule has 2 aromatic carbocycles. The number of carbonyl (C=O) groups excluding carboxylic acids is 1. The minimum absolute atomic E-state index is 0.318. The average molecular weight is 359 g/mol. The molecular weight excluding hydrogens is 344 g/mol. The second-order valence-corrected chi connectivity index (χ2v) is 5.50. The summed E-state index contributed by atoms with van der Waals surface area (Å²) in [6.07, 6.45) is 3.10. The predicted molar refractivity (Wildman–Crippen MR) is 93.9 cm³/mol. The van der Waals surface area contributed by atoms with Gasteiger partial charge in [-0.15, -0.1) is 10.2 Å². The number of aromatic nitrogens is 3. The number of halogens is 1. The van der Waals surface area contributed by atoms with Gasteiger partial charge in [-0.25, -0.2) is 0 Å². The average Bonchev–Trinajstić information content (AvgIpc) is 3.15. The molecule has 1 heterocycles. The van der Waals surface area contributed by atoms with E-state index in [1.807, 2.05) is 0 Å². The Labute approximate surface area is 149 Å². The van der Waals surface area contributed by atoms with Crippen LogP contribution in [0.5, 0.6) is 11.5 Å². The minimum atomic E-state index is -0.337. The first-order valence-electron chi connectivity index (χ1n) is 7.29. The van der Waals surface area contributed by atoms with Gasteiger partial charge >= 0.3 is 0 Å². The normalized spacial score (nSPS) is 10.4. The smallest absolute Gasteiger partial charge is 0.257 e. The molecule has 0 saturated heterocycles. The summed E-state index contributed by atoms with van der Waals surface area (Å²) in [6, 6.07) is 10.2. The van der Waals surface area contributed by atoms with Crippen molar-refractivity contribution in [2.75, 3.05) is 19.5 Å². The molecule has 0 saturated carbocycles. The van der Waals surface area contributed by atoms with Gasteiger partial charge in [0, 0.05) is 29.6 Å². The molecule has 0 aliphatic rings. The maximum absolute atomic E-state index is 12.5. The first-order valence-corrected chi connectivity index (χ1v) is 7.67. The number of amides is 1. The second-order valence-electron chi connectivity index (χ2n) is 5.09. The van der Waals surface area contributed by atoms with Gasteiger partial charge < -0.3 is 14.8 Å². The molecule has 0 bridgehead atoms. The lowest BCUT2D eigenvalue weighted by Gasteiger charge is -2.11. The quantitative estimate of drug-likeness (QED) is 0.757. The highest BCUT2D eigenvalue weighted by atomic mass is 35.5. The standard InChI is InChI=1S/C17H15ClN4O3/c1-24-13-5-11(6-14(8-13)25-2)21-17(23)15-4-3-12(7-16(15)18)22-9-19-20-10-22/h3-10H,1-2H3,(H,21,23). The van der Waals surface area contributed by atoms with Crippen molar-refractivity contribution in [3.63, 3.8) is 0 Å². The summed E-state index contributed by atoms with van der Waals surface area (Å²) in [4.78, 5) is 12.5. The van der Waals surface area contributed by atoms with Crippen LogP contribution in [0.2, 0.25) is 5.02 Å². The Morgan fingerprint density at radius 2 is 1.68 bits per heavy atom. The Morgan fingerprint density at radius 3 is 2.24 bits per heavy atom. The molecule has 1 amide bonds. The van der Waals surface area contributed by atoms with E-state index in [1.54, 1.807) is 67.8 Å². The Kier molecular flexibility index (Phi) is 4.85. The number of benzene rings is 2. The van der Waals surface area contributed by atoms with Crippen molar-refractivity contribution in [1.29, 1.82) is 0 Å². The summed E-state index contributed by atoms with van der Waals surface area (Å²) in [6.45, 7) is 0. The van der Waals surface area contributed by atoms with Crippen molar-refractivity contribution < 1.29 is 14.3 Å². The second kappa shape index (κ2) is 7.23. The van der Waals surface area contributed by atoms with E-state index in [0.717, 1.165) is 5.69 Å². The monoisotopic (exact) mass is 358 g/mol. The highest BCUT2D eigenvalue weighted by molar-refractivity contribution is 6.34. The number of anilines is 1. The van der Waals surface area contributed by atoms with Gasteiger partial charge in [0.05, 0.1) is 24.8 Å². The Balaban J connectivity index is 1.84. The van der Waals surface area contributed by atoms with Crippen LogP contribution in [-0.4, -0.2) is 34.9 Å². The number of nitrogens with one attached hydrogen (secondary N) is 1. The van der Waals surface area contributed by atoms with Crippen molar-refractivity contribution in [2.45, 2.75) is 0 Å². The lowest BCUT2D eigenvalue weighted by Crippen LogP contribution is -2.13. The highest BCUT2D eigenvalue weighted by Gasteiger charge is 2.13. The Bertz CT molecular complexity index is 875. The fourth-order valence-corrected chi connectivity index (χ4v) is 2.52. The number of methoxy groups -OCH3 is 2. The topological polar surface area (TPSA) is 78.3 Å². The summed E-state index contributed by atoms with van der Waals surface area (Å²) >= 11 is 6.26. The van der Waals surface area contributed by atoms with Crippen LogP contribution in [0, 0.1) is 0 Å². The van der Waals surface area contributed by atoms with Gasteiger partial charge in [-0.2, -0.15) is 0 Å². The molecule has 3 rings (SSSR count). The summed E-state index contributed by atoms with van der Waals surface area (Å²) < 4.78 is 12.1. The molecule has 0 atom stereocenters. The molecule has 128 valence electrons. The molecule has 0 unspecified atom stereocenters. The first-order chi connectivity index (χ1) is 12.1. The molecule has 8 heteroatoms. The Hall–Kier alpha value is -3.06. The fourth-order valence-electron chi connectivity index (χ4n) is 2.26. The lowest BCUT2D eigenvalue weighted by atomic mass is 10.1. The third kappa shape index (κ3) is 3.72. The number of ether oxygens (including phenoxy) is 2. The maximum Gasteiger partial charge on any atom is 0.257 e. The molecule has 0 aliphatic heterocycles. The van der Waals surface area contributed by atoms with E-state index in [1.165, 1.54) is 0 Å². The van der Waals surface area contributed by atoms with Crippen LogP contribution in [0.3, 0.4) is 0 Å². The molecule has 1 aromatic heterocycles. The van der Waals surface area contributed by atoms with E-state index in [-0.39, 0.29) is 5.91 Å². The number of rotatable bonds is 5. The summed E-state index contributed by atoms with van der Waals surface area (Å²) in [5.41, 5.74) is 1.65. The van der Waals surface area contributed by atoms with Gasteiger partial charge in [0.15, 0.2) is 0 Å². The van der Waals surface area contributed by atoms with E-state index >= 15 is 0 Å². The maximum atomic E-state index is 12.5. The van der Waals surface area contributed by atoms with Crippen LogP contribution >= 0.6 is 11.6 Å². The molecule has 0 aliphatic carbocycles. The molecule has 3 aromatic rings. The van der Waals surface area contributed by atoms with E-state index in [0.29, 0.717) is 27.8 Å². The molecule has 1 N–H and O–H groups in total. The lowest BCUT2D eigenvalue weighted by molar-refractivity contribution is 0.102. The molecule has 0 radical (unpaired) electrons. The molecular formula is C17H15ClN4O3. The molecule has 7 nitrogen and oxygen atoms in total. The zero-order chi connectivity index (χ0) is 17.8. The molecule has 25 heavy (non-hydrogen) atoms. The zero-order valence-electron chi connectivity index (χ0n) is 13.6. The van der Waals surface area contributed by atoms with Crippen LogP contribution in [0.1, 0.15) is 10.4 Å². The number of hydrogen-bond acceptors (Lipinski definition) is 5. The van der Waals surface area contributed by atoms with Crippen molar-refractivity contribution in [1.82, 2.24) is 14.8 Å². The van der Waals surface area contributed by atoms with Crippen molar-refractivity contribution >= 4 is 23.2 Å².